The molecule has 0 aliphatic carbocycles. The van der Waals surface area contributed by atoms with E-state index in [1.807, 2.05) is 13.8 Å². The summed E-state index contributed by atoms with van der Waals surface area (Å²) in [7, 11) is 1.75. The van der Waals surface area contributed by atoms with E-state index in [9.17, 15) is 9.59 Å². The van der Waals surface area contributed by atoms with E-state index in [0.717, 1.165) is 15.7 Å². The summed E-state index contributed by atoms with van der Waals surface area (Å²) in [5, 5.41) is 3.84. The first-order valence-electron chi connectivity index (χ1n) is 6.71. The lowest BCUT2D eigenvalue weighted by Crippen LogP contribution is -2.42. The number of nitrogens with zero attached hydrogens (tertiary/aromatic N) is 2. The summed E-state index contributed by atoms with van der Waals surface area (Å²) in [5.41, 5.74) is 6.94. The number of hydrogen-bond donors (Lipinski definition) is 2. The molecule has 0 fully saturated rings. The topological polar surface area (TPSA) is 89.2 Å². The van der Waals surface area contributed by atoms with Crippen LogP contribution < -0.4 is 10.9 Å². The van der Waals surface area contributed by atoms with E-state index in [-0.39, 0.29) is 18.2 Å². The molecule has 7 nitrogen and oxygen atoms in total. The van der Waals surface area contributed by atoms with Crippen molar-refractivity contribution in [1.82, 2.24) is 20.6 Å². The highest BCUT2D eigenvalue weighted by Crippen LogP contribution is 2.14. The van der Waals surface area contributed by atoms with Crippen LogP contribution in [0.25, 0.3) is 0 Å². The van der Waals surface area contributed by atoms with Crippen LogP contribution in [0.4, 0.5) is 0 Å². The van der Waals surface area contributed by atoms with Crippen LogP contribution in [0.2, 0.25) is 0 Å². The zero-order chi connectivity index (χ0) is 16.3. The number of carbonyl (C=O) groups is 2. The lowest BCUT2D eigenvalue weighted by Gasteiger charge is -2.07. The van der Waals surface area contributed by atoms with Gasteiger partial charge in [0.15, 0.2) is 0 Å². The smallest absolute Gasteiger partial charge is 0.286 e. The van der Waals surface area contributed by atoms with Gasteiger partial charge in [-0.2, -0.15) is 0 Å². The fraction of sp³-hybridized carbons (Fsp3) is 0.357. The van der Waals surface area contributed by atoms with Gasteiger partial charge in [0.25, 0.3) is 5.91 Å². The second-order valence-electron chi connectivity index (χ2n) is 4.96. The minimum Gasteiger partial charge on any atom is -0.361 e. The third-order valence-corrected chi connectivity index (χ3v) is 3.74. The maximum Gasteiger partial charge on any atom is 0.286 e. The Balaban J connectivity index is 1.83. The normalized spacial score (nSPS) is 10.5. The van der Waals surface area contributed by atoms with Crippen LogP contribution in [0, 0.1) is 13.8 Å². The molecule has 0 radical (unpaired) electrons. The number of carbonyl (C=O) groups excluding carboxylic acids is 2. The Kier molecular flexibility index (Phi) is 5.02. The molecular formula is C14H17BrN4O3. The zero-order valence-corrected chi connectivity index (χ0v) is 14.2. The summed E-state index contributed by atoms with van der Waals surface area (Å²) in [4.78, 5) is 23.7. The molecule has 0 aliphatic heterocycles. The lowest BCUT2D eigenvalue weighted by atomic mass is 10.1. The monoisotopic (exact) mass is 368 g/mol. The van der Waals surface area contributed by atoms with Crippen molar-refractivity contribution in [3.8, 4) is 0 Å². The maximum atomic E-state index is 11.9. The Labute approximate surface area is 136 Å². The number of halogens is 1. The molecule has 0 atom stereocenters. The molecular weight excluding hydrogens is 352 g/mol. The van der Waals surface area contributed by atoms with Gasteiger partial charge in [-0.1, -0.05) is 5.16 Å². The number of rotatable bonds is 4. The number of hydrazine groups is 1. The summed E-state index contributed by atoms with van der Waals surface area (Å²) in [6.45, 7) is 3.64. The molecule has 2 aromatic heterocycles. The van der Waals surface area contributed by atoms with Crippen molar-refractivity contribution < 1.29 is 14.1 Å². The second kappa shape index (κ2) is 6.78. The first-order chi connectivity index (χ1) is 10.4. The zero-order valence-electron chi connectivity index (χ0n) is 12.6. The number of amides is 2. The second-order valence-corrected chi connectivity index (χ2v) is 5.88. The highest BCUT2D eigenvalue weighted by molar-refractivity contribution is 9.10. The van der Waals surface area contributed by atoms with Crippen molar-refractivity contribution in [2.45, 2.75) is 26.7 Å². The van der Waals surface area contributed by atoms with Gasteiger partial charge in [0.1, 0.15) is 11.5 Å². The summed E-state index contributed by atoms with van der Waals surface area (Å²) in [6.07, 6.45) is 2.51. The van der Waals surface area contributed by atoms with Crippen molar-refractivity contribution in [2.24, 2.45) is 7.05 Å². The van der Waals surface area contributed by atoms with Crippen LogP contribution in [0.5, 0.6) is 0 Å². The largest absolute Gasteiger partial charge is 0.361 e. The Morgan fingerprint density at radius 1 is 1.36 bits per heavy atom. The average molecular weight is 369 g/mol. The van der Waals surface area contributed by atoms with E-state index in [4.69, 9.17) is 4.52 Å². The molecule has 2 rings (SSSR count). The Morgan fingerprint density at radius 3 is 2.64 bits per heavy atom. The van der Waals surface area contributed by atoms with Crippen molar-refractivity contribution >= 4 is 27.7 Å². The molecule has 22 heavy (non-hydrogen) atoms. The van der Waals surface area contributed by atoms with Crippen molar-refractivity contribution in [3.05, 3.63) is 39.4 Å². The highest BCUT2D eigenvalue weighted by atomic mass is 79.9. The van der Waals surface area contributed by atoms with Gasteiger partial charge >= 0.3 is 0 Å². The van der Waals surface area contributed by atoms with Gasteiger partial charge in [-0.25, -0.2) is 0 Å². The molecule has 0 aliphatic rings. The number of aromatic nitrogens is 2. The van der Waals surface area contributed by atoms with Gasteiger partial charge in [-0.05, 0) is 42.3 Å². The van der Waals surface area contributed by atoms with Crippen molar-refractivity contribution in [2.75, 3.05) is 0 Å². The standard InChI is InChI=1S/C14H17BrN4O3/c1-8-11(9(2)22-18-8)4-5-13(20)16-17-14(21)12-6-10(15)7-19(12)3/h6-7H,4-5H2,1-3H3,(H,16,20)(H,17,21). The van der Waals surface area contributed by atoms with Crippen LogP contribution in [0.3, 0.4) is 0 Å². The third-order valence-electron chi connectivity index (χ3n) is 3.30. The summed E-state index contributed by atoms with van der Waals surface area (Å²) < 4.78 is 7.50. The predicted molar refractivity (Wildman–Crippen MR) is 83.0 cm³/mol. The van der Waals surface area contributed by atoms with E-state index in [1.54, 1.807) is 23.9 Å². The molecule has 2 amide bonds. The van der Waals surface area contributed by atoms with E-state index < -0.39 is 0 Å². The molecule has 0 bridgehead atoms. The van der Waals surface area contributed by atoms with Gasteiger partial charge in [0.2, 0.25) is 5.91 Å². The van der Waals surface area contributed by atoms with Gasteiger partial charge in [0.05, 0.1) is 5.69 Å². The van der Waals surface area contributed by atoms with Crippen molar-refractivity contribution in [3.63, 3.8) is 0 Å². The summed E-state index contributed by atoms with van der Waals surface area (Å²) in [6, 6.07) is 1.67. The summed E-state index contributed by atoms with van der Waals surface area (Å²) >= 11 is 3.29. The Hall–Kier alpha value is -2.09. The van der Waals surface area contributed by atoms with Gasteiger partial charge in [0, 0.05) is 29.7 Å². The first-order valence-corrected chi connectivity index (χ1v) is 7.50. The molecule has 2 N–H and O–H groups in total. The minimum atomic E-state index is -0.376. The van der Waals surface area contributed by atoms with Gasteiger partial charge in [-0.3, -0.25) is 20.4 Å². The van der Waals surface area contributed by atoms with Crippen LogP contribution in [0.15, 0.2) is 21.3 Å². The molecule has 0 spiro atoms. The fourth-order valence-electron chi connectivity index (χ4n) is 2.10. The molecule has 118 valence electrons. The van der Waals surface area contributed by atoms with E-state index >= 15 is 0 Å². The SMILES string of the molecule is Cc1noc(C)c1CCC(=O)NNC(=O)c1cc(Br)cn1C. The van der Waals surface area contributed by atoms with Crippen LogP contribution in [-0.4, -0.2) is 21.5 Å². The molecule has 0 aromatic carbocycles. The number of hydrogen-bond acceptors (Lipinski definition) is 4. The third kappa shape index (κ3) is 3.76. The van der Waals surface area contributed by atoms with Crippen LogP contribution >= 0.6 is 15.9 Å². The van der Waals surface area contributed by atoms with E-state index in [1.165, 1.54) is 0 Å². The summed E-state index contributed by atoms with van der Waals surface area (Å²) in [5.74, 6) is 0.0588. The Morgan fingerprint density at radius 2 is 2.09 bits per heavy atom. The predicted octanol–water partition coefficient (Wildman–Crippen LogP) is 1.79. The first kappa shape index (κ1) is 16.3. The lowest BCUT2D eigenvalue weighted by molar-refractivity contribution is -0.121. The molecule has 0 saturated heterocycles. The number of aryl methyl sites for hydroxylation is 3. The average Bonchev–Trinajstić information content (AvgIpc) is 2.96. The Bertz CT molecular complexity index is 686. The van der Waals surface area contributed by atoms with E-state index in [0.29, 0.717) is 17.9 Å². The van der Waals surface area contributed by atoms with Gasteiger partial charge in [-0.15, -0.1) is 0 Å². The van der Waals surface area contributed by atoms with Crippen molar-refractivity contribution in [1.29, 1.82) is 0 Å². The molecule has 0 saturated carbocycles. The van der Waals surface area contributed by atoms with Crippen LogP contribution in [-0.2, 0) is 18.3 Å². The quantitative estimate of drug-likeness (QED) is 0.805. The maximum absolute atomic E-state index is 11.9. The minimum absolute atomic E-state index is 0.236. The molecule has 0 unspecified atom stereocenters. The number of nitrogens with one attached hydrogen (secondary N) is 2. The molecule has 2 heterocycles. The molecule has 8 heteroatoms. The highest BCUT2D eigenvalue weighted by Gasteiger charge is 2.14. The van der Waals surface area contributed by atoms with Gasteiger partial charge < -0.3 is 9.09 Å². The van der Waals surface area contributed by atoms with Crippen LogP contribution in [0.1, 0.15) is 33.9 Å². The fourth-order valence-corrected chi connectivity index (χ4v) is 2.62. The van der Waals surface area contributed by atoms with E-state index in [2.05, 4.69) is 31.9 Å². The molecule has 2 aromatic rings.